The van der Waals surface area contributed by atoms with Crippen LogP contribution in [0.1, 0.15) is 0 Å². The van der Waals surface area contributed by atoms with Gasteiger partial charge in [0.05, 0.1) is 5.69 Å². The molecule has 0 unspecified atom stereocenters. The zero-order valence-corrected chi connectivity index (χ0v) is 39.5. The van der Waals surface area contributed by atoms with E-state index in [2.05, 4.69) is 282 Å². The fraction of sp³-hybridized carbons (Fsp3) is 0. The van der Waals surface area contributed by atoms with E-state index in [1.165, 1.54) is 31.3 Å². The fourth-order valence-corrected chi connectivity index (χ4v) is 11.2. The third kappa shape index (κ3) is 7.85. The van der Waals surface area contributed by atoms with Gasteiger partial charge in [-0.1, -0.05) is 152 Å². The van der Waals surface area contributed by atoms with Crippen molar-refractivity contribution in [3.8, 4) is 22.3 Å². The minimum absolute atomic E-state index is 0.843. The van der Waals surface area contributed by atoms with Gasteiger partial charge in [-0.15, -0.1) is 11.3 Å². The SMILES string of the molecule is c1ccc(N(c2ccccc2)c2cccc(-c3ccc4sc5cc(-c6cccc(N(c7cccc(N(c8ccccc8)c8ccccc8)c7)c7cccc8c7oc7ccccc78)c6)ccc5c4c3)c2)cc1. The average molecular weight is 928 g/mol. The predicted molar refractivity (Wildman–Crippen MR) is 302 cm³/mol. The van der Waals surface area contributed by atoms with E-state index in [9.17, 15) is 0 Å². The minimum Gasteiger partial charge on any atom is -0.454 e. The van der Waals surface area contributed by atoms with Crippen molar-refractivity contribution >= 4 is 105 Å². The van der Waals surface area contributed by atoms with Crippen LogP contribution in [0.15, 0.2) is 277 Å². The molecule has 0 spiro atoms. The van der Waals surface area contributed by atoms with Crippen LogP contribution in [-0.2, 0) is 0 Å². The molecular formula is C66H45N3OS. The maximum Gasteiger partial charge on any atom is 0.159 e. The molecule has 13 rings (SSSR count). The molecule has 4 nitrogen and oxygen atoms in total. The highest BCUT2D eigenvalue weighted by Gasteiger charge is 2.22. The van der Waals surface area contributed by atoms with Gasteiger partial charge in [-0.3, -0.25) is 0 Å². The Kier molecular flexibility index (Phi) is 10.7. The van der Waals surface area contributed by atoms with Gasteiger partial charge in [0.25, 0.3) is 0 Å². The molecule has 71 heavy (non-hydrogen) atoms. The molecule has 2 aromatic heterocycles. The van der Waals surface area contributed by atoms with E-state index in [1.54, 1.807) is 0 Å². The van der Waals surface area contributed by atoms with Gasteiger partial charge in [0.1, 0.15) is 5.58 Å². The maximum atomic E-state index is 6.75. The highest BCUT2D eigenvalue weighted by Crippen LogP contribution is 2.46. The molecule has 336 valence electrons. The number of furan rings is 1. The Morgan fingerprint density at radius 2 is 0.690 bits per heavy atom. The van der Waals surface area contributed by atoms with Crippen LogP contribution in [0.4, 0.5) is 51.2 Å². The van der Waals surface area contributed by atoms with E-state index < -0.39 is 0 Å². The Balaban J connectivity index is 0.895. The lowest BCUT2D eigenvalue weighted by Gasteiger charge is -2.29. The van der Waals surface area contributed by atoms with E-state index in [-0.39, 0.29) is 0 Å². The second kappa shape index (κ2) is 18.1. The largest absolute Gasteiger partial charge is 0.454 e. The lowest BCUT2D eigenvalue weighted by molar-refractivity contribution is 0.669. The molecule has 5 heteroatoms. The van der Waals surface area contributed by atoms with Gasteiger partial charge in [-0.2, -0.15) is 0 Å². The molecule has 2 heterocycles. The number of para-hydroxylation sites is 6. The molecule has 0 aliphatic heterocycles. The van der Waals surface area contributed by atoms with Crippen molar-refractivity contribution in [3.05, 3.63) is 273 Å². The van der Waals surface area contributed by atoms with Crippen LogP contribution in [0.2, 0.25) is 0 Å². The summed E-state index contributed by atoms with van der Waals surface area (Å²) in [7, 11) is 0. The monoisotopic (exact) mass is 927 g/mol. The zero-order valence-electron chi connectivity index (χ0n) is 38.6. The fourth-order valence-electron chi connectivity index (χ4n) is 10.1. The molecule has 0 amide bonds. The summed E-state index contributed by atoms with van der Waals surface area (Å²) >= 11 is 1.85. The summed E-state index contributed by atoms with van der Waals surface area (Å²) in [4.78, 5) is 6.98. The van der Waals surface area contributed by atoms with Crippen LogP contribution >= 0.6 is 11.3 Å². The molecule has 0 saturated carbocycles. The third-order valence-electron chi connectivity index (χ3n) is 13.4. The molecule has 0 atom stereocenters. The van der Waals surface area contributed by atoms with Crippen molar-refractivity contribution < 1.29 is 4.42 Å². The van der Waals surface area contributed by atoms with Gasteiger partial charge < -0.3 is 19.1 Å². The Morgan fingerprint density at radius 3 is 1.30 bits per heavy atom. The van der Waals surface area contributed by atoms with Crippen LogP contribution < -0.4 is 14.7 Å². The maximum absolute atomic E-state index is 6.75. The zero-order chi connectivity index (χ0) is 47.1. The van der Waals surface area contributed by atoms with Crippen LogP contribution in [-0.4, -0.2) is 0 Å². The van der Waals surface area contributed by atoms with Crippen molar-refractivity contribution in [2.75, 3.05) is 14.7 Å². The number of benzene rings is 11. The van der Waals surface area contributed by atoms with Crippen LogP contribution in [0.5, 0.6) is 0 Å². The molecule has 0 saturated heterocycles. The van der Waals surface area contributed by atoms with Crippen LogP contribution in [0.25, 0.3) is 64.4 Å². The van der Waals surface area contributed by atoms with Gasteiger partial charge >= 0.3 is 0 Å². The first kappa shape index (κ1) is 42.0. The van der Waals surface area contributed by atoms with Gasteiger partial charge in [0, 0.05) is 76.4 Å². The summed E-state index contributed by atoms with van der Waals surface area (Å²) in [5.74, 6) is 0. The first-order valence-corrected chi connectivity index (χ1v) is 24.8. The topological polar surface area (TPSA) is 22.9 Å². The van der Waals surface area contributed by atoms with Gasteiger partial charge in [0.15, 0.2) is 5.58 Å². The smallest absolute Gasteiger partial charge is 0.159 e. The van der Waals surface area contributed by atoms with Crippen molar-refractivity contribution in [1.29, 1.82) is 0 Å². The van der Waals surface area contributed by atoms with Crippen molar-refractivity contribution in [2.24, 2.45) is 0 Å². The summed E-state index contributed by atoms with van der Waals surface area (Å²) in [6.45, 7) is 0. The van der Waals surface area contributed by atoms with Crippen molar-refractivity contribution in [1.82, 2.24) is 0 Å². The first-order valence-electron chi connectivity index (χ1n) is 24.0. The second-order valence-electron chi connectivity index (χ2n) is 17.7. The molecule has 0 radical (unpaired) electrons. The molecular weight excluding hydrogens is 883 g/mol. The molecule has 0 bridgehead atoms. The molecule has 0 N–H and O–H groups in total. The Hall–Kier alpha value is -9.16. The highest BCUT2D eigenvalue weighted by molar-refractivity contribution is 7.25. The third-order valence-corrected chi connectivity index (χ3v) is 14.5. The Morgan fingerprint density at radius 1 is 0.254 bits per heavy atom. The molecule has 0 aliphatic carbocycles. The van der Waals surface area contributed by atoms with E-state index in [1.807, 2.05) is 17.4 Å². The molecule has 11 aromatic carbocycles. The van der Waals surface area contributed by atoms with Gasteiger partial charge in [-0.05, 0) is 144 Å². The number of hydrogen-bond donors (Lipinski definition) is 0. The summed E-state index contributed by atoms with van der Waals surface area (Å²) in [6.07, 6.45) is 0. The number of anilines is 9. The Labute approximate surface area is 416 Å². The lowest BCUT2D eigenvalue weighted by atomic mass is 10.00. The summed E-state index contributed by atoms with van der Waals surface area (Å²) < 4.78 is 9.28. The normalized spacial score (nSPS) is 11.4. The van der Waals surface area contributed by atoms with E-state index in [0.29, 0.717) is 0 Å². The van der Waals surface area contributed by atoms with Gasteiger partial charge in [0.2, 0.25) is 0 Å². The second-order valence-corrected chi connectivity index (χ2v) is 18.8. The first-order chi connectivity index (χ1) is 35.2. The summed E-state index contributed by atoms with van der Waals surface area (Å²) in [6, 6.07) is 97.6. The van der Waals surface area contributed by atoms with Gasteiger partial charge in [-0.25, -0.2) is 0 Å². The molecule has 0 aliphatic rings. The number of rotatable bonds is 11. The van der Waals surface area contributed by atoms with E-state index in [0.717, 1.165) is 84.3 Å². The summed E-state index contributed by atoms with van der Waals surface area (Å²) in [5, 5.41) is 4.70. The van der Waals surface area contributed by atoms with Crippen molar-refractivity contribution in [2.45, 2.75) is 0 Å². The number of nitrogens with zero attached hydrogens (tertiary/aromatic N) is 3. The number of hydrogen-bond acceptors (Lipinski definition) is 5. The number of fused-ring (bicyclic) bond motifs is 6. The van der Waals surface area contributed by atoms with Crippen molar-refractivity contribution in [3.63, 3.8) is 0 Å². The van der Waals surface area contributed by atoms with Crippen LogP contribution in [0, 0.1) is 0 Å². The van der Waals surface area contributed by atoms with E-state index >= 15 is 0 Å². The van der Waals surface area contributed by atoms with E-state index in [4.69, 9.17) is 4.42 Å². The highest BCUT2D eigenvalue weighted by atomic mass is 32.1. The standard InChI is InChI=1S/C66H45N3OS/c1-5-21-50(22-6-1)67(51-23-7-2-8-24-51)54-29-15-19-46(41-54)48-38-40-64-61(43-48)59-39-37-49(44-65(59)71-64)47-20-16-30-55(42-47)69(62-35-18-34-60-58-33-13-14-36-63(58)70-66(60)62)57-32-17-31-56(45-57)68(52-25-9-3-10-26-52)53-27-11-4-12-28-53/h1-45H. The number of thiophene rings is 1. The lowest BCUT2D eigenvalue weighted by Crippen LogP contribution is -2.13. The molecule has 13 aromatic rings. The quantitative estimate of drug-likeness (QED) is 0.129. The average Bonchev–Trinajstić information content (AvgIpc) is 4.01. The Bertz CT molecular complexity index is 3940. The van der Waals surface area contributed by atoms with Crippen LogP contribution in [0.3, 0.4) is 0 Å². The predicted octanol–water partition coefficient (Wildman–Crippen LogP) is 19.7. The minimum atomic E-state index is 0.843. The molecule has 0 fully saturated rings. The summed E-state index contributed by atoms with van der Waals surface area (Å²) in [5.41, 5.74) is 15.9.